The summed E-state index contributed by atoms with van der Waals surface area (Å²) in [6.45, 7) is 2.98. The fourth-order valence-electron chi connectivity index (χ4n) is 5.97. The van der Waals surface area contributed by atoms with E-state index in [1.165, 1.54) is 16.4 Å². The first kappa shape index (κ1) is 33.3. The van der Waals surface area contributed by atoms with Gasteiger partial charge in [-0.05, 0) is 68.7 Å². The van der Waals surface area contributed by atoms with Gasteiger partial charge in [-0.15, -0.1) is 0 Å². The van der Waals surface area contributed by atoms with Crippen LogP contribution in [0.1, 0.15) is 36.8 Å². The molecule has 3 aliphatic heterocycles. The molecule has 5 rings (SSSR count). The summed E-state index contributed by atoms with van der Waals surface area (Å²) in [5.41, 5.74) is 7.29. The number of rotatable bonds is 7. The summed E-state index contributed by atoms with van der Waals surface area (Å²) in [6.07, 6.45) is 2.73. The zero-order valence-corrected chi connectivity index (χ0v) is 25.3. The number of piperidine rings is 1. The molecule has 3 N–H and O–H groups in total. The average molecular weight is 648 g/mol. The van der Waals surface area contributed by atoms with Gasteiger partial charge < -0.3 is 15.4 Å². The molecule has 10 nitrogen and oxygen atoms in total. The number of nitrogens with zero attached hydrogens (tertiary/aromatic N) is 2. The quantitative estimate of drug-likeness (QED) is 0.345. The van der Waals surface area contributed by atoms with E-state index in [0.29, 0.717) is 32.1 Å². The van der Waals surface area contributed by atoms with Gasteiger partial charge in [-0.2, -0.15) is 12.7 Å². The highest BCUT2D eigenvalue weighted by Gasteiger charge is 2.45. The smallest absolute Gasteiger partial charge is 0.294 e. The molecule has 2 bridgehead atoms. The first-order chi connectivity index (χ1) is 20.2. The molecule has 3 fully saturated rings. The van der Waals surface area contributed by atoms with Gasteiger partial charge in [0.1, 0.15) is 11.6 Å². The van der Waals surface area contributed by atoms with Crippen molar-refractivity contribution in [2.75, 3.05) is 32.1 Å². The van der Waals surface area contributed by atoms with E-state index in [9.17, 15) is 34.8 Å². The van der Waals surface area contributed by atoms with Crippen LogP contribution in [0.5, 0.6) is 0 Å². The van der Waals surface area contributed by atoms with E-state index in [1.807, 2.05) is 6.92 Å². The molecule has 0 radical (unpaired) electrons. The highest BCUT2D eigenvalue weighted by atomic mass is 32.2. The standard InChI is InChI=1S/C21H28F3N3O4S.C7H8O3S/c22-17-11-19(24)18(23)9-13(17)10-20(25)14-7-15-1-2-16(8-14)27(15)21(28)12-32(29,30)26-3-5-31-6-4-26;1-6-2-4-7(5-3-6)11(8,9)10/h9,11,14-16,20H,1-8,10,12,25H2;2-5H,1H3,(H,8,9,10)/t14?,15?,16?,20-;/m1./s1. The zero-order valence-electron chi connectivity index (χ0n) is 23.7. The molecule has 0 aliphatic carbocycles. The number of carbonyl (C=O) groups is 1. The van der Waals surface area contributed by atoms with Crippen molar-refractivity contribution in [1.29, 1.82) is 0 Å². The summed E-state index contributed by atoms with van der Waals surface area (Å²) in [7, 11) is -7.72. The van der Waals surface area contributed by atoms with Crippen molar-refractivity contribution >= 4 is 26.0 Å². The Bertz CT molecular complexity index is 1500. The monoisotopic (exact) mass is 647 g/mol. The number of hydrogen-bond donors (Lipinski definition) is 2. The number of hydrogen-bond acceptors (Lipinski definition) is 7. The number of ether oxygens (including phenoxy) is 1. The van der Waals surface area contributed by atoms with Crippen molar-refractivity contribution in [3.63, 3.8) is 0 Å². The van der Waals surface area contributed by atoms with Crippen LogP contribution in [0.25, 0.3) is 0 Å². The fraction of sp³-hybridized carbons (Fsp3) is 0.536. The maximum Gasteiger partial charge on any atom is 0.294 e. The topological polar surface area (TPSA) is 147 Å². The van der Waals surface area contributed by atoms with E-state index in [1.54, 1.807) is 17.0 Å². The van der Waals surface area contributed by atoms with Crippen molar-refractivity contribution in [3.05, 3.63) is 65.0 Å². The van der Waals surface area contributed by atoms with Gasteiger partial charge in [0.05, 0.1) is 18.1 Å². The van der Waals surface area contributed by atoms with Gasteiger partial charge in [-0.1, -0.05) is 17.7 Å². The van der Waals surface area contributed by atoms with Gasteiger partial charge in [0.15, 0.2) is 11.6 Å². The third-order valence-electron chi connectivity index (χ3n) is 8.20. The molecule has 2 aromatic rings. The molecule has 3 heterocycles. The lowest BCUT2D eigenvalue weighted by atomic mass is 9.82. The summed E-state index contributed by atoms with van der Waals surface area (Å²) in [5.74, 6) is -4.17. The lowest BCUT2D eigenvalue weighted by Crippen LogP contribution is -2.53. The Morgan fingerprint density at radius 3 is 2.09 bits per heavy atom. The van der Waals surface area contributed by atoms with Gasteiger partial charge >= 0.3 is 0 Å². The second-order valence-electron chi connectivity index (χ2n) is 11.2. The molecular weight excluding hydrogens is 611 g/mol. The van der Waals surface area contributed by atoms with Crippen molar-refractivity contribution in [3.8, 4) is 0 Å². The first-order valence-corrected chi connectivity index (χ1v) is 17.0. The van der Waals surface area contributed by atoms with Crippen LogP contribution in [-0.4, -0.2) is 86.7 Å². The van der Waals surface area contributed by atoms with Gasteiger partial charge in [-0.25, -0.2) is 21.6 Å². The first-order valence-electron chi connectivity index (χ1n) is 14.0. The summed E-state index contributed by atoms with van der Waals surface area (Å²) in [4.78, 5) is 14.6. The van der Waals surface area contributed by atoms with Crippen LogP contribution < -0.4 is 5.73 Å². The summed E-state index contributed by atoms with van der Waals surface area (Å²) in [5, 5.41) is 0. The summed E-state index contributed by atoms with van der Waals surface area (Å²) < 4.78 is 102. The summed E-state index contributed by atoms with van der Waals surface area (Å²) in [6, 6.07) is 6.64. The molecule has 15 heteroatoms. The third kappa shape index (κ3) is 8.34. The molecule has 238 valence electrons. The minimum atomic E-state index is -4.02. The molecule has 43 heavy (non-hydrogen) atoms. The Labute approximate surface area is 249 Å². The number of benzene rings is 2. The van der Waals surface area contributed by atoms with E-state index < -0.39 is 55.3 Å². The van der Waals surface area contributed by atoms with E-state index in [0.717, 1.165) is 24.5 Å². The Morgan fingerprint density at radius 2 is 1.53 bits per heavy atom. The van der Waals surface area contributed by atoms with Gasteiger partial charge in [-0.3, -0.25) is 9.35 Å². The minimum Gasteiger partial charge on any atom is -0.379 e. The van der Waals surface area contributed by atoms with Crippen LogP contribution in [0.2, 0.25) is 0 Å². The van der Waals surface area contributed by atoms with Crippen molar-refractivity contribution in [2.45, 2.75) is 62.0 Å². The van der Waals surface area contributed by atoms with Crippen LogP contribution in [0.3, 0.4) is 0 Å². The van der Waals surface area contributed by atoms with Crippen LogP contribution in [-0.2, 0) is 36.1 Å². The maximum absolute atomic E-state index is 14.0. The molecule has 2 unspecified atom stereocenters. The average Bonchev–Trinajstić information content (AvgIpc) is 3.21. The highest BCUT2D eigenvalue weighted by molar-refractivity contribution is 7.89. The van der Waals surface area contributed by atoms with Gasteiger partial charge in [0.2, 0.25) is 15.9 Å². The minimum absolute atomic E-state index is 0.0267. The number of sulfonamides is 1. The Balaban J connectivity index is 0.000000324. The second kappa shape index (κ2) is 13.6. The van der Waals surface area contributed by atoms with Gasteiger partial charge in [0, 0.05) is 37.3 Å². The Kier molecular flexibility index (Phi) is 10.6. The number of carbonyl (C=O) groups excluding carboxylic acids is 1. The van der Waals surface area contributed by atoms with E-state index in [-0.39, 0.29) is 48.0 Å². The predicted molar refractivity (Wildman–Crippen MR) is 152 cm³/mol. The summed E-state index contributed by atoms with van der Waals surface area (Å²) >= 11 is 0. The maximum atomic E-state index is 14.0. The van der Waals surface area contributed by atoms with Gasteiger partial charge in [0.25, 0.3) is 10.1 Å². The Hall–Kier alpha value is -2.56. The van der Waals surface area contributed by atoms with E-state index in [2.05, 4.69) is 0 Å². The number of aryl methyl sites for hydroxylation is 1. The molecule has 2 aromatic carbocycles. The highest BCUT2D eigenvalue weighted by Crippen LogP contribution is 2.40. The SMILES string of the molecule is Cc1ccc(S(=O)(=O)O)cc1.N[C@H](Cc1cc(F)c(F)cc1F)C1CC2CCC(C1)N2C(=O)CS(=O)(=O)N1CCOCC1. The second-order valence-corrected chi connectivity index (χ2v) is 14.6. The predicted octanol–water partition coefficient (Wildman–Crippen LogP) is 2.65. The molecule has 0 aromatic heterocycles. The molecule has 1 amide bonds. The number of fused-ring (bicyclic) bond motifs is 2. The van der Waals surface area contributed by atoms with Crippen LogP contribution in [0.4, 0.5) is 13.2 Å². The van der Waals surface area contributed by atoms with Crippen molar-refractivity contribution in [1.82, 2.24) is 9.21 Å². The van der Waals surface area contributed by atoms with Crippen molar-refractivity contribution in [2.24, 2.45) is 11.7 Å². The van der Waals surface area contributed by atoms with E-state index >= 15 is 0 Å². The molecular formula is C28H36F3N3O7S2. The molecule has 3 saturated heterocycles. The van der Waals surface area contributed by atoms with Crippen LogP contribution in [0.15, 0.2) is 41.3 Å². The third-order valence-corrected chi connectivity index (χ3v) is 10.8. The van der Waals surface area contributed by atoms with Crippen LogP contribution >= 0.6 is 0 Å². The number of amides is 1. The lowest BCUT2D eigenvalue weighted by molar-refractivity contribution is -0.133. The normalized spacial score (nSPS) is 23.4. The number of morpholine rings is 1. The van der Waals surface area contributed by atoms with Crippen LogP contribution in [0, 0.1) is 30.3 Å². The van der Waals surface area contributed by atoms with Crippen molar-refractivity contribution < 1.29 is 44.1 Å². The molecule has 0 saturated carbocycles. The molecule has 3 aliphatic rings. The number of nitrogens with two attached hydrogens (primary N) is 1. The molecule has 0 spiro atoms. The fourth-order valence-corrected chi connectivity index (χ4v) is 7.80. The zero-order chi connectivity index (χ0) is 31.5. The van der Waals surface area contributed by atoms with E-state index in [4.69, 9.17) is 15.0 Å². The Morgan fingerprint density at radius 1 is 0.977 bits per heavy atom. The number of halogens is 3. The lowest BCUT2D eigenvalue weighted by Gasteiger charge is -2.41. The molecule has 3 atom stereocenters. The largest absolute Gasteiger partial charge is 0.379 e.